The van der Waals surface area contributed by atoms with Crippen LogP contribution in [-0.4, -0.2) is 16.5 Å². The minimum absolute atomic E-state index is 0.262. The maximum Gasteiger partial charge on any atom is 0.162 e. The van der Waals surface area contributed by atoms with Crippen LogP contribution in [0, 0.1) is 12.7 Å². The highest BCUT2D eigenvalue weighted by Gasteiger charge is 2.09. The van der Waals surface area contributed by atoms with E-state index >= 15 is 0 Å². The fourth-order valence-electron chi connectivity index (χ4n) is 2.27. The molecule has 0 bridgehead atoms. The van der Waals surface area contributed by atoms with Gasteiger partial charge in [0.05, 0.1) is 5.52 Å². The third-order valence-electron chi connectivity index (χ3n) is 3.30. The molecule has 0 amide bonds. The van der Waals surface area contributed by atoms with Gasteiger partial charge in [-0.15, -0.1) is 0 Å². The van der Waals surface area contributed by atoms with Crippen LogP contribution in [0.25, 0.3) is 22.3 Å². The van der Waals surface area contributed by atoms with E-state index in [9.17, 15) is 4.39 Å². The number of aryl methyl sites for hydroxylation is 1. The second-order valence-corrected chi connectivity index (χ2v) is 4.95. The van der Waals surface area contributed by atoms with E-state index in [1.807, 2.05) is 32.0 Å². The predicted octanol–water partition coefficient (Wildman–Crippen LogP) is 4.18. The summed E-state index contributed by atoms with van der Waals surface area (Å²) in [5, 5.41) is 4.26. The van der Waals surface area contributed by atoms with Crippen LogP contribution >= 0.6 is 0 Å². The average Bonchev–Trinajstić information content (AvgIpc) is 2.47. The first-order valence-corrected chi connectivity index (χ1v) is 6.95. The highest BCUT2D eigenvalue weighted by Crippen LogP contribution is 2.25. The zero-order chi connectivity index (χ0) is 14.8. The first-order valence-electron chi connectivity index (χ1n) is 6.95. The van der Waals surface area contributed by atoms with Crippen LogP contribution in [0.2, 0.25) is 0 Å². The summed E-state index contributed by atoms with van der Waals surface area (Å²) in [5.41, 5.74) is 2.84. The molecule has 0 atom stereocenters. The maximum absolute atomic E-state index is 13.1. The molecule has 0 aliphatic carbocycles. The van der Waals surface area contributed by atoms with Crippen molar-refractivity contribution in [3.05, 3.63) is 53.8 Å². The first-order chi connectivity index (χ1) is 10.2. The number of aromatic nitrogens is 2. The van der Waals surface area contributed by atoms with Crippen LogP contribution < -0.4 is 5.32 Å². The summed E-state index contributed by atoms with van der Waals surface area (Å²) in [7, 11) is 0. The lowest BCUT2D eigenvalue weighted by Gasteiger charge is -2.10. The van der Waals surface area contributed by atoms with Crippen molar-refractivity contribution in [1.29, 1.82) is 0 Å². The van der Waals surface area contributed by atoms with Gasteiger partial charge in [-0.2, -0.15) is 0 Å². The SMILES string of the molecule is CCNc1nc(-c2ccc(F)cc2)nc2cc(C)ccc12. The minimum Gasteiger partial charge on any atom is -0.370 e. The van der Waals surface area contributed by atoms with Crippen LogP contribution in [0.3, 0.4) is 0 Å². The molecule has 0 spiro atoms. The van der Waals surface area contributed by atoms with E-state index in [0.29, 0.717) is 5.82 Å². The fraction of sp³-hybridized carbons (Fsp3) is 0.176. The van der Waals surface area contributed by atoms with Gasteiger partial charge in [-0.25, -0.2) is 14.4 Å². The van der Waals surface area contributed by atoms with E-state index in [2.05, 4.69) is 15.3 Å². The van der Waals surface area contributed by atoms with E-state index in [-0.39, 0.29) is 5.82 Å². The van der Waals surface area contributed by atoms with Crippen molar-refractivity contribution in [2.75, 3.05) is 11.9 Å². The number of halogens is 1. The molecule has 3 aromatic rings. The van der Waals surface area contributed by atoms with Crippen molar-refractivity contribution in [3.63, 3.8) is 0 Å². The molecule has 4 heteroatoms. The smallest absolute Gasteiger partial charge is 0.162 e. The number of nitrogens with one attached hydrogen (secondary N) is 1. The van der Waals surface area contributed by atoms with E-state index < -0.39 is 0 Å². The molecule has 0 saturated heterocycles. The minimum atomic E-state index is -0.262. The molecule has 1 aromatic heterocycles. The molecule has 106 valence electrons. The van der Waals surface area contributed by atoms with Crippen LogP contribution in [-0.2, 0) is 0 Å². The Bertz CT molecular complexity index is 782. The monoisotopic (exact) mass is 281 g/mol. The van der Waals surface area contributed by atoms with E-state index in [0.717, 1.165) is 34.4 Å². The Morgan fingerprint density at radius 2 is 1.81 bits per heavy atom. The van der Waals surface area contributed by atoms with Gasteiger partial charge >= 0.3 is 0 Å². The van der Waals surface area contributed by atoms with Gasteiger partial charge in [0.25, 0.3) is 0 Å². The number of fused-ring (bicyclic) bond motifs is 1. The number of hydrogen-bond acceptors (Lipinski definition) is 3. The maximum atomic E-state index is 13.1. The zero-order valence-corrected chi connectivity index (χ0v) is 12.0. The highest BCUT2D eigenvalue weighted by molar-refractivity contribution is 5.91. The lowest BCUT2D eigenvalue weighted by atomic mass is 10.1. The molecule has 1 heterocycles. The molecule has 0 radical (unpaired) electrons. The number of nitrogens with zero attached hydrogens (tertiary/aromatic N) is 2. The molecule has 1 N–H and O–H groups in total. The molecule has 0 unspecified atom stereocenters. The summed E-state index contributed by atoms with van der Waals surface area (Å²) in [5.74, 6) is 1.15. The van der Waals surface area contributed by atoms with E-state index in [1.54, 1.807) is 12.1 Å². The average molecular weight is 281 g/mol. The van der Waals surface area contributed by atoms with Gasteiger partial charge in [0.15, 0.2) is 5.82 Å². The molecular formula is C17H16FN3. The molecule has 0 saturated carbocycles. The molecule has 3 rings (SSSR count). The molecule has 0 fully saturated rings. The quantitative estimate of drug-likeness (QED) is 0.782. The van der Waals surface area contributed by atoms with Gasteiger partial charge in [0.2, 0.25) is 0 Å². The lowest BCUT2D eigenvalue weighted by Crippen LogP contribution is -2.03. The van der Waals surface area contributed by atoms with Crippen LogP contribution in [0.5, 0.6) is 0 Å². The number of anilines is 1. The number of benzene rings is 2. The van der Waals surface area contributed by atoms with Crippen molar-refractivity contribution < 1.29 is 4.39 Å². The topological polar surface area (TPSA) is 37.8 Å². The molecule has 0 aliphatic heterocycles. The molecule has 0 aliphatic rings. The summed E-state index contributed by atoms with van der Waals surface area (Å²) in [6.45, 7) is 4.84. The standard InChI is InChI=1S/C17H16FN3/c1-3-19-17-14-9-4-11(2)10-15(14)20-16(21-17)12-5-7-13(18)8-6-12/h4-10H,3H2,1-2H3,(H,19,20,21). The van der Waals surface area contributed by atoms with Crippen LogP contribution in [0.15, 0.2) is 42.5 Å². The van der Waals surface area contributed by atoms with Crippen LogP contribution in [0.1, 0.15) is 12.5 Å². The largest absolute Gasteiger partial charge is 0.370 e. The first kappa shape index (κ1) is 13.5. The highest BCUT2D eigenvalue weighted by atomic mass is 19.1. The summed E-state index contributed by atoms with van der Waals surface area (Å²) in [6.07, 6.45) is 0. The van der Waals surface area contributed by atoms with Gasteiger partial charge in [-0.05, 0) is 55.8 Å². The van der Waals surface area contributed by atoms with E-state index in [4.69, 9.17) is 0 Å². The summed E-state index contributed by atoms with van der Waals surface area (Å²) in [6, 6.07) is 12.3. The Morgan fingerprint density at radius 3 is 2.52 bits per heavy atom. The van der Waals surface area contributed by atoms with Crippen molar-refractivity contribution in [2.24, 2.45) is 0 Å². The van der Waals surface area contributed by atoms with Crippen molar-refractivity contribution >= 4 is 16.7 Å². The van der Waals surface area contributed by atoms with Gasteiger partial charge < -0.3 is 5.32 Å². The second kappa shape index (κ2) is 5.48. The molecule has 3 nitrogen and oxygen atoms in total. The predicted molar refractivity (Wildman–Crippen MR) is 83.8 cm³/mol. The molecular weight excluding hydrogens is 265 g/mol. The fourth-order valence-corrected chi connectivity index (χ4v) is 2.27. The molecule has 21 heavy (non-hydrogen) atoms. The lowest BCUT2D eigenvalue weighted by molar-refractivity contribution is 0.628. The summed E-state index contributed by atoms with van der Waals surface area (Å²) in [4.78, 5) is 9.18. The Hall–Kier alpha value is -2.49. The summed E-state index contributed by atoms with van der Waals surface area (Å²) >= 11 is 0. The van der Waals surface area contributed by atoms with E-state index in [1.165, 1.54) is 12.1 Å². The second-order valence-electron chi connectivity index (χ2n) is 4.95. The Morgan fingerprint density at radius 1 is 1.05 bits per heavy atom. The van der Waals surface area contributed by atoms with Crippen molar-refractivity contribution in [3.8, 4) is 11.4 Å². The van der Waals surface area contributed by atoms with Gasteiger partial charge in [0, 0.05) is 17.5 Å². The Kier molecular flexibility index (Phi) is 3.52. The van der Waals surface area contributed by atoms with Crippen LogP contribution in [0.4, 0.5) is 10.2 Å². The third-order valence-corrected chi connectivity index (χ3v) is 3.30. The number of rotatable bonds is 3. The number of hydrogen-bond donors (Lipinski definition) is 1. The Balaban J connectivity index is 2.21. The van der Waals surface area contributed by atoms with Gasteiger partial charge in [0.1, 0.15) is 11.6 Å². The Labute approximate surface area is 122 Å². The van der Waals surface area contributed by atoms with Gasteiger partial charge in [-0.3, -0.25) is 0 Å². The van der Waals surface area contributed by atoms with Crippen molar-refractivity contribution in [2.45, 2.75) is 13.8 Å². The normalized spacial score (nSPS) is 10.8. The summed E-state index contributed by atoms with van der Waals surface area (Å²) < 4.78 is 13.1. The molecule has 2 aromatic carbocycles. The zero-order valence-electron chi connectivity index (χ0n) is 12.0. The van der Waals surface area contributed by atoms with Crippen molar-refractivity contribution in [1.82, 2.24) is 9.97 Å². The van der Waals surface area contributed by atoms with Gasteiger partial charge in [-0.1, -0.05) is 6.07 Å². The third kappa shape index (κ3) is 2.70.